The van der Waals surface area contributed by atoms with Gasteiger partial charge < -0.3 is 14.9 Å². The highest BCUT2D eigenvalue weighted by Gasteiger charge is 2.33. The van der Waals surface area contributed by atoms with Gasteiger partial charge in [0.15, 0.2) is 0 Å². The lowest BCUT2D eigenvalue weighted by molar-refractivity contribution is 0.595. The van der Waals surface area contributed by atoms with Gasteiger partial charge in [0.2, 0.25) is 0 Å². The van der Waals surface area contributed by atoms with Crippen LogP contribution in [-0.4, -0.2) is 34.4 Å². The molecule has 0 heterocycles. The van der Waals surface area contributed by atoms with Gasteiger partial charge in [0.1, 0.15) is 0 Å². The zero-order valence-corrected chi connectivity index (χ0v) is 15.4. The second-order valence-electron chi connectivity index (χ2n) is 5.89. The van der Waals surface area contributed by atoms with E-state index in [4.69, 9.17) is 0 Å². The lowest BCUT2D eigenvalue weighted by Crippen LogP contribution is -2.82. The predicted octanol–water partition coefficient (Wildman–Crippen LogP) is 2.59. The molecule has 0 radical (unpaired) electrons. The first-order chi connectivity index (χ1) is 9.60. The van der Waals surface area contributed by atoms with Gasteiger partial charge in [-0.3, -0.25) is 4.98 Å². The van der Waals surface area contributed by atoms with Crippen LogP contribution in [0.25, 0.3) is 0 Å². The van der Waals surface area contributed by atoms with Gasteiger partial charge in [-0.25, -0.2) is 0 Å². The van der Waals surface area contributed by atoms with Crippen molar-refractivity contribution < 1.29 is 0 Å². The molecule has 122 valence electrons. The molecule has 0 amide bonds. The fourth-order valence-electron chi connectivity index (χ4n) is 2.13. The monoisotopic (exact) mass is 302 g/mol. The number of rotatable bonds is 14. The third-order valence-electron chi connectivity index (χ3n) is 3.27. The zero-order chi connectivity index (χ0) is 15.3. The minimum Gasteiger partial charge on any atom is -0.301 e. The molecule has 0 aromatic rings. The Labute approximate surface area is 128 Å². The first-order valence-electron chi connectivity index (χ1n) is 8.63. The van der Waals surface area contributed by atoms with Crippen LogP contribution in [0.5, 0.6) is 0 Å². The van der Waals surface area contributed by atoms with E-state index in [1.807, 2.05) is 0 Å². The van der Waals surface area contributed by atoms with Crippen LogP contribution >= 0.6 is 0 Å². The van der Waals surface area contributed by atoms with Crippen LogP contribution in [0, 0.1) is 0 Å². The predicted molar refractivity (Wildman–Crippen MR) is 92.8 cm³/mol. The maximum Gasteiger partial charge on any atom is 0.366 e. The topological polar surface area (TPSA) is 48.1 Å². The highest BCUT2D eigenvalue weighted by molar-refractivity contribution is 6.70. The third-order valence-corrected chi connectivity index (χ3v) is 6.62. The van der Waals surface area contributed by atoms with Crippen molar-refractivity contribution in [1.29, 1.82) is 0 Å². The minimum atomic E-state index is -1.97. The van der Waals surface area contributed by atoms with Gasteiger partial charge in [-0.2, -0.15) is 0 Å². The summed E-state index contributed by atoms with van der Waals surface area (Å²) in [5.41, 5.74) is 0. The average molecular weight is 303 g/mol. The fourth-order valence-corrected chi connectivity index (χ4v) is 5.33. The van der Waals surface area contributed by atoms with Crippen molar-refractivity contribution in [3.05, 3.63) is 0 Å². The second-order valence-corrected chi connectivity index (χ2v) is 8.74. The van der Waals surface area contributed by atoms with Crippen LogP contribution in [0.3, 0.4) is 0 Å². The molecule has 0 aromatic heterocycles. The Balaban J connectivity index is 4.57. The number of unbranched alkanes of at least 4 members (excludes halogenated alkanes) is 3. The summed E-state index contributed by atoms with van der Waals surface area (Å²) in [5, 5.41) is 0. The molecule has 0 spiro atoms. The molecular weight excluding hydrogens is 264 g/mol. The van der Waals surface area contributed by atoms with Gasteiger partial charge in [-0.05, 0) is 44.9 Å². The molecule has 0 aromatic carbocycles. The zero-order valence-electron chi connectivity index (χ0n) is 14.4. The van der Waals surface area contributed by atoms with Crippen LogP contribution in [0.4, 0.5) is 0 Å². The van der Waals surface area contributed by atoms with Crippen LogP contribution in [-0.2, 0) is 0 Å². The highest BCUT2D eigenvalue weighted by atomic mass is 28.4. The maximum absolute atomic E-state index is 3.79. The first-order valence-corrected chi connectivity index (χ1v) is 10.6. The summed E-state index contributed by atoms with van der Waals surface area (Å²) in [5.74, 6) is 0. The van der Waals surface area contributed by atoms with Crippen LogP contribution in [0.2, 0.25) is 0 Å². The summed E-state index contributed by atoms with van der Waals surface area (Å²) in [7, 11) is -1.97. The SMILES string of the molecule is CCCCN[Si](NCCCC)(NCCCC)NC(C)C. The van der Waals surface area contributed by atoms with Gasteiger partial charge in [-0.15, -0.1) is 0 Å². The fraction of sp³-hybridized carbons (Fsp3) is 1.00. The highest BCUT2D eigenvalue weighted by Crippen LogP contribution is 1.95. The minimum absolute atomic E-state index is 0.485. The molecule has 0 unspecified atom stereocenters. The molecule has 0 fully saturated rings. The van der Waals surface area contributed by atoms with E-state index in [9.17, 15) is 0 Å². The van der Waals surface area contributed by atoms with Crippen LogP contribution < -0.4 is 19.9 Å². The molecule has 0 saturated carbocycles. The van der Waals surface area contributed by atoms with Crippen molar-refractivity contribution in [3.8, 4) is 0 Å². The van der Waals surface area contributed by atoms with Crippen LogP contribution in [0.1, 0.15) is 73.1 Å². The smallest absolute Gasteiger partial charge is 0.301 e. The van der Waals surface area contributed by atoms with Crippen LogP contribution in [0.15, 0.2) is 0 Å². The van der Waals surface area contributed by atoms with Crippen molar-refractivity contribution >= 4 is 8.72 Å². The van der Waals surface area contributed by atoms with Crippen molar-refractivity contribution in [1.82, 2.24) is 19.9 Å². The van der Waals surface area contributed by atoms with E-state index in [0.717, 1.165) is 19.6 Å². The van der Waals surface area contributed by atoms with Crippen molar-refractivity contribution in [3.63, 3.8) is 0 Å². The molecule has 0 rings (SSSR count). The average Bonchev–Trinajstić information content (AvgIpc) is 2.39. The number of nitrogens with one attached hydrogen (secondary N) is 4. The van der Waals surface area contributed by atoms with E-state index in [-0.39, 0.29) is 0 Å². The van der Waals surface area contributed by atoms with E-state index in [2.05, 4.69) is 54.5 Å². The summed E-state index contributed by atoms with van der Waals surface area (Å²) in [6.07, 6.45) is 7.42. The Bertz CT molecular complexity index is 186. The number of hydrogen-bond donors (Lipinski definition) is 4. The molecular formula is C15H38N4Si. The Kier molecular flexibility index (Phi) is 12.8. The van der Waals surface area contributed by atoms with E-state index in [1.165, 1.54) is 38.5 Å². The summed E-state index contributed by atoms with van der Waals surface area (Å²) < 4.78 is 0. The van der Waals surface area contributed by atoms with E-state index in [1.54, 1.807) is 0 Å². The Morgan fingerprint density at radius 2 is 1.05 bits per heavy atom. The van der Waals surface area contributed by atoms with E-state index >= 15 is 0 Å². The molecule has 0 aliphatic heterocycles. The third kappa shape index (κ3) is 9.88. The molecule has 0 atom stereocenters. The van der Waals surface area contributed by atoms with Gasteiger partial charge >= 0.3 is 8.72 Å². The standard InChI is InChI=1S/C15H38N4Si/c1-6-9-12-16-20(19-15(4)5,17-13-10-7-2)18-14-11-8-3/h15-19H,6-14H2,1-5H3. The van der Waals surface area contributed by atoms with E-state index in [0.29, 0.717) is 6.04 Å². The maximum atomic E-state index is 3.79. The number of hydrogen-bond acceptors (Lipinski definition) is 4. The molecule has 0 aliphatic carbocycles. The quantitative estimate of drug-likeness (QED) is 0.294. The van der Waals surface area contributed by atoms with Crippen molar-refractivity contribution in [2.45, 2.75) is 79.2 Å². The molecule has 0 bridgehead atoms. The lowest BCUT2D eigenvalue weighted by Gasteiger charge is -2.36. The molecule has 0 saturated heterocycles. The largest absolute Gasteiger partial charge is 0.366 e. The summed E-state index contributed by atoms with van der Waals surface area (Å²) in [6.45, 7) is 14.4. The molecule has 4 nitrogen and oxygen atoms in total. The normalized spacial score (nSPS) is 12.3. The van der Waals surface area contributed by atoms with Crippen molar-refractivity contribution in [2.24, 2.45) is 0 Å². The van der Waals surface area contributed by atoms with Gasteiger partial charge in [0.05, 0.1) is 0 Å². The summed E-state index contributed by atoms with van der Waals surface area (Å²) in [4.78, 5) is 15.1. The summed E-state index contributed by atoms with van der Waals surface area (Å²) in [6, 6.07) is 0.485. The molecule has 5 heteroatoms. The molecule has 4 N–H and O–H groups in total. The molecule has 20 heavy (non-hydrogen) atoms. The second kappa shape index (κ2) is 12.8. The Morgan fingerprint density at radius 3 is 1.30 bits per heavy atom. The lowest BCUT2D eigenvalue weighted by atomic mass is 10.3. The first kappa shape index (κ1) is 20.1. The van der Waals surface area contributed by atoms with Gasteiger partial charge in [-0.1, -0.05) is 53.9 Å². The molecule has 0 aliphatic rings. The Morgan fingerprint density at radius 1 is 0.700 bits per heavy atom. The van der Waals surface area contributed by atoms with Gasteiger partial charge in [0, 0.05) is 0 Å². The summed E-state index contributed by atoms with van der Waals surface area (Å²) >= 11 is 0. The van der Waals surface area contributed by atoms with Gasteiger partial charge in [0.25, 0.3) is 0 Å². The van der Waals surface area contributed by atoms with Crippen molar-refractivity contribution in [2.75, 3.05) is 19.6 Å². The Hall–Kier alpha value is 0.0569. The van der Waals surface area contributed by atoms with E-state index < -0.39 is 8.72 Å².